The Morgan fingerprint density at radius 3 is 2.53 bits per heavy atom. The van der Waals surface area contributed by atoms with Crippen molar-refractivity contribution < 1.29 is 14.0 Å². The molecule has 2 atom stereocenters. The molecular weight excluding hydrogens is 451 g/mol. The summed E-state index contributed by atoms with van der Waals surface area (Å²) in [6.07, 6.45) is 0. The van der Waals surface area contributed by atoms with Gasteiger partial charge >= 0.3 is 0 Å². The molecule has 2 amide bonds. The van der Waals surface area contributed by atoms with Gasteiger partial charge in [0.15, 0.2) is 11.2 Å². The van der Waals surface area contributed by atoms with Gasteiger partial charge in [-0.2, -0.15) is 0 Å². The molecule has 3 aromatic carbocycles. The van der Waals surface area contributed by atoms with Gasteiger partial charge in [-0.1, -0.05) is 66.4 Å². The molecule has 2 heterocycles. The minimum Gasteiger partial charge on any atom is -0.351 e. The van der Waals surface area contributed by atoms with Gasteiger partial charge in [0.1, 0.15) is 11.7 Å². The van der Waals surface area contributed by atoms with E-state index in [1.54, 1.807) is 19.1 Å². The largest absolute Gasteiger partial charge is 0.351 e. The maximum Gasteiger partial charge on any atom is 0.263 e. The first-order valence-corrected chi connectivity index (χ1v) is 11.7. The van der Waals surface area contributed by atoms with Gasteiger partial charge in [0, 0.05) is 12.1 Å². The van der Waals surface area contributed by atoms with Crippen LogP contribution in [0.2, 0.25) is 0 Å². The lowest BCUT2D eigenvalue weighted by Crippen LogP contribution is -2.41. The summed E-state index contributed by atoms with van der Waals surface area (Å²) < 4.78 is 13.1. The van der Waals surface area contributed by atoms with Gasteiger partial charge in [0.25, 0.3) is 5.91 Å². The van der Waals surface area contributed by atoms with Gasteiger partial charge in [-0.25, -0.2) is 19.3 Å². The summed E-state index contributed by atoms with van der Waals surface area (Å²) in [4.78, 5) is 37.2. The summed E-state index contributed by atoms with van der Waals surface area (Å²) in [7, 11) is 0. The van der Waals surface area contributed by atoms with Crippen LogP contribution < -0.4 is 5.32 Å². The molecule has 34 heavy (non-hydrogen) atoms. The summed E-state index contributed by atoms with van der Waals surface area (Å²) in [6.45, 7) is 2.05. The van der Waals surface area contributed by atoms with Crippen LogP contribution in [0.15, 0.2) is 88.8 Å². The number of rotatable bonds is 5. The zero-order chi connectivity index (χ0) is 23.7. The molecule has 0 radical (unpaired) electrons. The van der Waals surface area contributed by atoms with Crippen molar-refractivity contribution in [2.24, 2.45) is 9.98 Å². The molecule has 2 aliphatic rings. The van der Waals surface area contributed by atoms with Crippen molar-refractivity contribution >= 4 is 40.3 Å². The zero-order valence-corrected chi connectivity index (χ0v) is 19.1. The third-order valence-corrected chi connectivity index (χ3v) is 6.67. The molecular formula is C26H21FN4O2S. The second-order valence-corrected chi connectivity index (χ2v) is 9.26. The third kappa shape index (κ3) is 4.24. The first-order valence-electron chi connectivity index (χ1n) is 10.8. The zero-order valence-electron chi connectivity index (χ0n) is 18.3. The van der Waals surface area contributed by atoms with Crippen LogP contribution in [0.5, 0.6) is 0 Å². The molecule has 2 unspecified atom stereocenters. The number of nitrogens with one attached hydrogen (secondary N) is 1. The smallest absolute Gasteiger partial charge is 0.263 e. The van der Waals surface area contributed by atoms with E-state index in [1.165, 1.54) is 28.8 Å². The molecule has 0 saturated carbocycles. The van der Waals surface area contributed by atoms with E-state index in [0.29, 0.717) is 16.7 Å². The number of halogens is 1. The van der Waals surface area contributed by atoms with Crippen LogP contribution >= 0.6 is 11.8 Å². The Morgan fingerprint density at radius 1 is 1.06 bits per heavy atom. The first kappa shape index (κ1) is 22.0. The Kier molecular flexibility index (Phi) is 5.98. The van der Waals surface area contributed by atoms with Crippen molar-refractivity contribution in [2.45, 2.75) is 24.8 Å². The standard InChI is InChI=1S/C26H21FN4O2S/c1-16(24(32)28-15-17-11-13-19(27)14-12-17)34-26-29-21-10-6-5-9-20(21)23-30-22(25(33)31(23)26)18-7-3-2-4-8-18/h2-14,16,22H,15H2,1H3,(H,28,32). The fourth-order valence-corrected chi connectivity index (χ4v) is 4.77. The van der Waals surface area contributed by atoms with E-state index in [-0.39, 0.29) is 24.2 Å². The van der Waals surface area contributed by atoms with Gasteiger partial charge in [0.2, 0.25) is 5.91 Å². The molecule has 0 aromatic heterocycles. The SMILES string of the molecule is CC(SC1=Nc2ccccc2C2=NC(c3ccccc3)C(=O)N12)C(=O)NCc1ccc(F)cc1. The van der Waals surface area contributed by atoms with Crippen LogP contribution in [0, 0.1) is 5.82 Å². The fourth-order valence-electron chi connectivity index (χ4n) is 3.83. The molecule has 5 rings (SSSR count). The maximum atomic E-state index is 13.4. The molecule has 0 spiro atoms. The number of benzene rings is 3. The van der Waals surface area contributed by atoms with E-state index in [9.17, 15) is 14.0 Å². The number of fused-ring (bicyclic) bond motifs is 3. The molecule has 0 fully saturated rings. The monoisotopic (exact) mass is 472 g/mol. The summed E-state index contributed by atoms with van der Waals surface area (Å²) in [5.74, 6) is -0.177. The summed E-state index contributed by atoms with van der Waals surface area (Å²) >= 11 is 1.21. The van der Waals surface area contributed by atoms with E-state index in [2.05, 4.69) is 5.32 Å². The van der Waals surface area contributed by atoms with Crippen LogP contribution in [0.1, 0.15) is 29.7 Å². The third-order valence-electron chi connectivity index (χ3n) is 5.62. The van der Waals surface area contributed by atoms with E-state index in [0.717, 1.165) is 16.7 Å². The van der Waals surface area contributed by atoms with E-state index in [1.807, 2.05) is 54.6 Å². The predicted octanol–water partition coefficient (Wildman–Crippen LogP) is 4.60. The Hall–Kier alpha value is -3.78. The van der Waals surface area contributed by atoms with E-state index < -0.39 is 11.3 Å². The molecule has 0 bridgehead atoms. The number of amidine groups is 2. The number of hydrogen-bond acceptors (Lipinski definition) is 5. The van der Waals surface area contributed by atoms with Gasteiger partial charge < -0.3 is 5.32 Å². The number of aliphatic imine (C=N–C) groups is 2. The Labute approximate surface area is 200 Å². The minimum atomic E-state index is -0.657. The van der Waals surface area contributed by atoms with Crippen molar-refractivity contribution in [3.8, 4) is 0 Å². The molecule has 6 nitrogen and oxygen atoms in total. The fraction of sp³-hybridized carbons (Fsp3) is 0.154. The number of amides is 2. The molecule has 170 valence electrons. The molecule has 0 saturated heterocycles. The van der Waals surface area contributed by atoms with Crippen LogP contribution in [0.25, 0.3) is 0 Å². The van der Waals surface area contributed by atoms with Gasteiger partial charge in [-0.05, 0) is 42.3 Å². The summed E-state index contributed by atoms with van der Waals surface area (Å²) in [5, 5.41) is 2.76. The highest BCUT2D eigenvalue weighted by atomic mass is 32.2. The normalized spacial score (nSPS) is 17.4. The highest BCUT2D eigenvalue weighted by Gasteiger charge is 2.42. The van der Waals surface area contributed by atoms with Crippen LogP contribution in [-0.2, 0) is 16.1 Å². The number of thioether (sulfide) groups is 1. The summed E-state index contributed by atoms with van der Waals surface area (Å²) in [5.41, 5.74) is 3.10. The Balaban J connectivity index is 1.37. The molecule has 8 heteroatoms. The molecule has 2 aliphatic heterocycles. The van der Waals surface area contributed by atoms with Gasteiger partial charge in [-0.15, -0.1) is 0 Å². The molecule has 1 N–H and O–H groups in total. The van der Waals surface area contributed by atoms with E-state index >= 15 is 0 Å². The number of carbonyl (C=O) groups is 2. The van der Waals surface area contributed by atoms with Crippen LogP contribution in [0.3, 0.4) is 0 Å². The second-order valence-electron chi connectivity index (χ2n) is 7.96. The number of nitrogens with zero attached hydrogens (tertiary/aromatic N) is 3. The summed E-state index contributed by atoms with van der Waals surface area (Å²) in [6, 6.07) is 22.3. The highest BCUT2D eigenvalue weighted by Crippen LogP contribution is 2.38. The highest BCUT2D eigenvalue weighted by molar-refractivity contribution is 8.15. The topological polar surface area (TPSA) is 74.1 Å². The van der Waals surface area contributed by atoms with E-state index in [4.69, 9.17) is 9.98 Å². The Morgan fingerprint density at radius 2 is 1.76 bits per heavy atom. The molecule has 0 aliphatic carbocycles. The average molecular weight is 473 g/mol. The van der Waals surface area contributed by atoms with Crippen molar-refractivity contribution in [3.63, 3.8) is 0 Å². The van der Waals surface area contributed by atoms with Crippen LogP contribution in [0.4, 0.5) is 10.1 Å². The lowest BCUT2D eigenvalue weighted by Gasteiger charge is -2.26. The van der Waals surface area contributed by atoms with Crippen LogP contribution in [-0.4, -0.2) is 33.0 Å². The quantitative estimate of drug-likeness (QED) is 0.590. The first-order chi connectivity index (χ1) is 16.5. The molecule has 3 aromatic rings. The van der Waals surface area contributed by atoms with Crippen molar-refractivity contribution in [3.05, 3.63) is 101 Å². The average Bonchev–Trinajstić information content (AvgIpc) is 3.22. The number of carbonyl (C=O) groups excluding carboxylic acids is 2. The lowest BCUT2D eigenvalue weighted by atomic mass is 10.1. The van der Waals surface area contributed by atoms with Crippen molar-refractivity contribution in [1.82, 2.24) is 10.2 Å². The van der Waals surface area contributed by atoms with Crippen molar-refractivity contribution in [1.29, 1.82) is 0 Å². The Bertz CT molecular complexity index is 1310. The van der Waals surface area contributed by atoms with Crippen molar-refractivity contribution in [2.75, 3.05) is 0 Å². The predicted molar refractivity (Wildman–Crippen MR) is 131 cm³/mol. The lowest BCUT2D eigenvalue weighted by molar-refractivity contribution is -0.124. The number of para-hydroxylation sites is 1. The number of hydrogen-bond donors (Lipinski definition) is 1. The second kappa shape index (κ2) is 9.23. The van der Waals surface area contributed by atoms with Gasteiger partial charge in [-0.3, -0.25) is 9.59 Å². The van der Waals surface area contributed by atoms with Gasteiger partial charge in [0.05, 0.1) is 10.9 Å². The maximum absolute atomic E-state index is 13.4. The minimum absolute atomic E-state index is 0.194.